The molecule has 11 heavy (non-hydrogen) atoms. The lowest BCUT2D eigenvalue weighted by Crippen LogP contribution is -2.11. The summed E-state index contributed by atoms with van der Waals surface area (Å²) in [4.78, 5) is 11.8. The second-order valence-electron chi connectivity index (χ2n) is 2.74. The Bertz CT molecular complexity index is 189. The van der Waals surface area contributed by atoms with Crippen LogP contribution in [0.15, 0.2) is 11.8 Å². The number of rotatable bonds is 2. The van der Waals surface area contributed by atoms with Crippen LogP contribution in [0.25, 0.3) is 0 Å². The zero-order valence-corrected chi connectivity index (χ0v) is 6.62. The van der Waals surface area contributed by atoms with Crippen LogP contribution in [0.2, 0.25) is 0 Å². The molecule has 0 saturated carbocycles. The molecule has 62 valence electrons. The molecule has 0 bridgehead atoms. The fraction of sp³-hybridized carbons (Fsp3) is 0.714. The van der Waals surface area contributed by atoms with Gasteiger partial charge in [0.2, 0.25) is 6.54 Å². The van der Waals surface area contributed by atoms with Gasteiger partial charge in [0.05, 0.1) is 0 Å². The molecule has 0 unspecified atom stereocenters. The van der Waals surface area contributed by atoms with Crippen molar-refractivity contribution in [2.45, 2.75) is 12.8 Å². The predicted octanol–water partition coefficient (Wildman–Crippen LogP) is 0.873. The minimum atomic E-state index is -0.306. The Labute approximate surface area is 65.6 Å². The van der Waals surface area contributed by atoms with E-state index in [1.54, 1.807) is 6.08 Å². The normalized spacial score (nSPS) is 21.2. The van der Waals surface area contributed by atoms with E-state index in [1.807, 2.05) is 7.05 Å². The third-order valence-corrected chi connectivity index (χ3v) is 1.89. The van der Waals surface area contributed by atoms with Gasteiger partial charge in [-0.15, -0.1) is 0 Å². The summed E-state index contributed by atoms with van der Waals surface area (Å²) < 4.78 is 0. The molecule has 0 spiro atoms. The lowest BCUT2D eigenvalue weighted by molar-refractivity contribution is -0.468. The largest absolute Gasteiger partial charge is 0.378 e. The summed E-state index contributed by atoms with van der Waals surface area (Å²) >= 11 is 0. The molecule has 1 rings (SSSR count). The standard InChI is InChI=1S/C7H12N2O2/c1-8-5-2-3-7(8)4-6-9(10)11/h4H,2-3,5-6H2,1H3. The minimum absolute atomic E-state index is 0.0420. The second-order valence-corrected chi connectivity index (χ2v) is 2.74. The molecule has 0 N–H and O–H groups in total. The van der Waals surface area contributed by atoms with Gasteiger partial charge in [-0.2, -0.15) is 0 Å². The first kappa shape index (κ1) is 8.04. The number of allylic oxidation sites excluding steroid dienone is 1. The predicted molar refractivity (Wildman–Crippen MR) is 41.8 cm³/mol. The quantitative estimate of drug-likeness (QED) is 0.440. The Morgan fingerprint density at radius 3 is 3.00 bits per heavy atom. The van der Waals surface area contributed by atoms with Crippen LogP contribution in [0.1, 0.15) is 12.8 Å². The highest BCUT2D eigenvalue weighted by atomic mass is 16.6. The molecule has 1 heterocycles. The van der Waals surface area contributed by atoms with Crippen LogP contribution in [-0.4, -0.2) is 30.0 Å². The smallest absolute Gasteiger partial charge is 0.224 e. The zero-order chi connectivity index (χ0) is 8.27. The van der Waals surface area contributed by atoms with E-state index < -0.39 is 0 Å². The molecule has 0 aromatic rings. The Hall–Kier alpha value is -1.06. The van der Waals surface area contributed by atoms with Gasteiger partial charge in [-0.25, -0.2) is 0 Å². The van der Waals surface area contributed by atoms with E-state index in [0.29, 0.717) is 0 Å². The summed E-state index contributed by atoms with van der Waals surface area (Å²) in [6, 6.07) is 0. The summed E-state index contributed by atoms with van der Waals surface area (Å²) in [5.41, 5.74) is 1.11. The van der Waals surface area contributed by atoms with E-state index in [0.717, 1.165) is 25.1 Å². The molecule has 4 nitrogen and oxygen atoms in total. The van der Waals surface area contributed by atoms with E-state index in [9.17, 15) is 10.1 Å². The van der Waals surface area contributed by atoms with Gasteiger partial charge < -0.3 is 4.90 Å². The van der Waals surface area contributed by atoms with Crippen molar-refractivity contribution in [1.82, 2.24) is 4.90 Å². The second kappa shape index (κ2) is 3.37. The van der Waals surface area contributed by atoms with E-state index >= 15 is 0 Å². The Morgan fingerprint density at radius 2 is 2.55 bits per heavy atom. The van der Waals surface area contributed by atoms with Gasteiger partial charge in [0.25, 0.3) is 0 Å². The van der Waals surface area contributed by atoms with Gasteiger partial charge in [0, 0.05) is 30.3 Å². The van der Waals surface area contributed by atoms with Crippen molar-refractivity contribution in [2.24, 2.45) is 0 Å². The van der Waals surface area contributed by atoms with Crippen molar-refractivity contribution < 1.29 is 4.92 Å². The summed E-state index contributed by atoms with van der Waals surface area (Å²) in [6.07, 6.45) is 3.82. The Morgan fingerprint density at radius 1 is 1.82 bits per heavy atom. The van der Waals surface area contributed by atoms with Crippen LogP contribution < -0.4 is 0 Å². The molecule has 0 aliphatic carbocycles. The molecule has 4 heteroatoms. The van der Waals surface area contributed by atoms with Crippen LogP contribution in [0.3, 0.4) is 0 Å². The van der Waals surface area contributed by atoms with E-state index in [1.165, 1.54) is 0 Å². The molecular formula is C7H12N2O2. The van der Waals surface area contributed by atoms with Crippen molar-refractivity contribution in [2.75, 3.05) is 20.1 Å². The maximum Gasteiger partial charge on any atom is 0.224 e. The summed E-state index contributed by atoms with van der Waals surface area (Å²) in [7, 11) is 1.97. The summed E-state index contributed by atoms with van der Waals surface area (Å²) in [5, 5.41) is 10.0. The maximum absolute atomic E-state index is 10.0. The van der Waals surface area contributed by atoms with Gasteiger partial charge in [0.1, 0.15) is 0 Å². The molecule has 1 fully saturated rings. The molecule has 1 aliphatic rings. The minimum Gasteiger partial charge on any atom is -0.378 e. The lowest BCUT2D eigenvalue weighted by atomic mass is 10.3. The molecular weight excluding hydrogens is 144 g/mol. The fourth-order valence-corrected chi connectivity index (χ4v) is 1.27. The number of likely N-dealkylation sites (tertiary alicyclic amines) is 1. The maximum atomic E-state index is 10.0. The number of hydrogen-bond donors (Lipinski definition) is 0. The van der Waals surface area contributed by atoms with Crippen molar-refractivity contribution >= 4 is 0 Å². The molecule has 0 aromatic heterocycles. The molecule has 1 aliphatic heterocycles. The third-order valence-electron chi connectivity index (χ3n) is 1.89. The van der Waals surface area contributed by atoms with Gasteiger partial charge in [0.15, 0.2) is 0 Å². The number of nitrogens with zero attached hydrogens (tertiary/aromatic N) is 2. The zero-order valence-electron chi connectivity index (χ0n) is 6.62. The van der Waals surface area contributed by atoms with Crippen LogP contribution in [0, 0.1) is 10.1 Å². The fourth-order valence-electron chi connectivity index (χ4n) is 1.27. The van der Waals surface area contributed by atoms with Crippen LogP contribution in [-0.2, 0) is 0 Å². The highest BCUT2D eigenvalue weighted by Gasteiger charge is 2.12. The van der Waals surface area contributed by atoms with Crippen molar-refractivity contribution in [3.8, 4) is 0 Å². The van der Waals surface area contributed by atoms with E-state index in [2.05, 4.69) is 4.90 Å². The third kappa shape index (κ3) is 2.22. The highest BCUT2D eigenvalue weighted by Crippen LogP contribution is 2.17. The summed E-state index contributed by atoms with van der Waals surface area (Å²) in [6.45, 7) is 0.989. The van der Waals surface area contributed by atoms with E-state index in [-0.39, 0.29) is 11.5 Å². The SMILES string of the molecule is CN1CCCC1=CC[N+](=O)[O-]. The Kier molecular flexibility index (Phi) is 2.46. The van der Waals surface area contributed by atoms with Crippen molar-refractivity contribution in [3.63, 3.8) is 0 Å². The van der Waals surface area contributed by atoms with Crippen LogP contribution >= 0.6 is 0 Å². The van der Waals surface area contributed by atoms with Gasteiger partial charge in [-0.3, -0.25) is 10.1 Å². The molecule has 1 saturated heterocycles. The van der Waals surface area contributed by atoms with Crippen LogP contribution in [0.4, 0.5) is 0 Å². The monoisotopic (exact) mass is 156 g/mol. The number of hydrogen-bond acceptors (Lipinski definition) is 3. The van der Waals surface area contributed by atoms with Crippen molar-refractivity contribution in [3.05, 3.63) is 21.9 Å². The van der Waals surface area contributed by atoms with Gasteiger partial charge in [-0.1, -0.05) is 0 Å². The molecule has 0 aromatic carbocycles. The molecule has 0 radical (unpaired) electrons. The first-order chi connectivity index (χ1) is 5.20. The molecule has 0 atom stereocenters. The summed E-state index contributed by atoms with van der Waals surface area (Å²) in [5.74, 6) is 0. The highest BCUT2D eigenvalue weighted by molar-refractivity contribution is 5.04. The van der Waals surface area contributed by atoms with Gasteiger partial charge >= 0.3 is 0 Å². The van der Waals surface area contributed by atoms with Gasteiger partial charge in [-0.05, 0) is 12.8 Å². The number of nitro groups is 1. The first-order valence-electron chi connectivity index (χ1n) is 3.72. The topological polar surface area (TPSA) is 46.4 Å². The average Bonchev–Trinajstić information content (AvgIpc) is 2.31. The van der Waals surface area contributed by atoms with Crippen LogP contribution in [0.5, 0.6) is 0 Å². The molecule has 0 amide bonds. The first-order valence-corrected chi connectivity index (χ1v) is 3.72. The lowest BCUT2D eigenvalue weighted by Gasteiger charge is -2.10. The van der Waals surface area contributed by atoms with Crippen molar-refractivity contribution in [1.29, 1.82) is 0 Å². The Balaban J connectivity index is 2.45. The average molecular weight is 156 g/mol. The van der Waals surface area contributed by atoms with E-state index in [4.69, 9.17) is 0 Å².